The molecular formula is C12H17N3O4. The van der Waals surface area contributed by atoms with Gasteiger partial charge in [0.25, 0.3) is 0 Å². The molecule has 19 heavy (non-hydrogen) atoms. The summed E-state index contributed by atoms with van der Waals surface area (Å²) < 4.78 is 5.32. The molecule has 104 valence electrons. The molecule has 0 aliphatic rings. The van der Waals surface area contributed by atoms with Gasteiger partial charge in [-0.3, -0.25) is 14.9 Å². The number of nitrogens with two attached hydrogens (primary N) is 1. The zero-order chi connectivity index (χ0) is 14.4. The fourth-order valence-electron chi connectivity index (χ4n) is 1.55. The van der Waals surface area contributed by atoms with Crippen molar-refractivity contribution in [2.24, 2.45) is 5.73 Å². The molecule has 0 aliphatic carbocycles. The average Bonchev–Trinajstić information content (AvgIpc) is 2.35. The summed E-state index contributed by atoms with van der Waals surface area (Å²) in [4.78, 5) is 21.5. The van der Waals surface area contributed by atoms with Crippen LogP contribution in [0.3, 0.4) is 0 Å². The molecule has 0 heterocycles. The molecule has 3 N–H and O–H groups in total. The Hall–Kier alpha value is -2.15. The molecule has 0 fully saturated rings. The van der Waals surface area contributed by atoms with E-state index in [2.05, 4.69) is 5.32 Å². The van der Waals surface area contributed by atoms with Gasteiger partial charge < -0.3 is 15.8 Å². The second kappa shape index (κ2) is 6.69. The van der Waals surface area contributed by atoms with E-state index in [1.807, 2.05) is 6.92 Å². The maximum absolute atomic E-state index is 11.1. The number of hydrogen-bond acceptors (Lipinski definition) is 5. The van der Waals surface area contributed by atoms with Gasteiger partial charge in [0.1, 0.15) is 12.6 Å². The van der Waals surface area contributed by atoms with E-state index >= 15 is 0 Å². The van der Waals surface area contributed by atoms with Crippen LogP contribution in [0.25, 0.3) is 0 Å². The van der Waals surface area contributed by atoms with Crippen LogP contribution in [-0.2, 0) is 4.79 Å². The Morgan fingerprint density at radius 1 is 1.58 bits per heavy atom. The normalized spacial score (nSPS) is 11.9. The lowest BCUT2D eigenvalue weighted by Gasteiger charge is -2.15. The van der Waals surface area contributed by atoms with Crippen molar-refractivity contribution >= 4 is 11.6 Å². The number of primary amides is 1. The van der Waals surface area contributed by atoms with Crippen molar-refractivity contribution in [1.29, 1.82) is 0 Å². The lowest BCUT2D eigenvalue weighted by molar-refractivity contribution is -0.385. The van der Waals surface area contributed by atoms with Gasteiger partial charge in [-0.15, -0.1) is 0 Å². The van der Waals surface area contributed by atoms with E-state index in [9.17, 15) is 14.9 Å². The molecule has 0 aromatic heterocycles. The van der Waals surface area contributed by atoms with E-state index in [-0.39, 0.29) is 18.0 Å². The molecule has 0 saturated heterocycles. The molecule has 1 aromatic rings. The van der Waals surface area contributed by atoms with Gasteiger partial charge >= 0.3 is 5.69 Å². The summed E-state index contributed by atoms with van der Waals surface area (Å²) >= 11 is 0. The minimum atomic E-state index is -0.675. The SMILES string of the molecule is CCNC(COc1ccc(C)cc1[N+](=O)[O-])C(N)=O. The van der Waals surface area contributed by atoms with Crippen LogP contribution >= 0.6 is 0 Å². The molecule has 0 aliphatic heterocycles. The molecule has 7 heteroatoms. The van der Waals surface area contributed by atoms with Gasteiger partial charge in [-0.2, -0.15) is 0 Å². The Labute approximate surface area is 110 Å². The molecule has 0 spiro atoms. The molecule has 0 radical (unpaired) electrons. The number of hydrogen-bond donors (Lipinski definition) is 2. The minimum absolute atomic E-state index is 0.0485. The number of aryl methyl sites for hydroxylation is 1. The predicted octanol–water partition coefficient (Wildman–Crippen LogP) is 0.745. The third-order valence-electron chi connectivity index (χ3n) is 2.51. The number of rotatable bonds is 7. The van der Waals surface area contributed by atoms with Crippen molar-refractivity contribution in [3.8, 4) is 5.75 Å². The number of ether oxygens (including phenoxy) is 1. The number of carbonyl (C=O) groups excluding carboxylic acids is 1. The van der Waals surface area contributed by atoms with Gasteiger partial charge in [-0.25, -0.2) is 0 Å². The molecule has 1 unspecified atom stereocenters. The Balaban J connectivity index is 2.82. The molecular weight excluding hydrogens is 250 g/mol. The Bertz CT molecular complexity index is 476. The second-order valence-corrected chi connectivity index (χ2v) is 4.05. The van der Waals surface area contributed by atoms with Gasteiger partial charge in [0, 0.05) is 6.07 Å². The maximum Gasteiger partial charge on any atom is 0.311 e. The van der Waals surface area contributed by atoms with E-state index in [1.165, 1.54) is 12.1 Å². The first-order valence-electron chi connectivity index (χ1n) is 5.86. The third kappa shape index (κ3) is 4.22. The summed E-state index contributed by atoms with van der Waals surface area (Å²) in [6.07, 6.45) is 0. The van der Waals surface area contributed by atoms with Crippen LogP contribution in [0.1, 0.15) is 12.5 Å². The molecule has 7 nitrogen and oxygen atoms in total. The van der Waals surface area contributed by atoms with Crippen molar-refractivity contribution in [3.05, 3.63) is 33.9 Å². The van der Waals surface area contributed by atoms with Crippen molar-refractivity contribution in [2.75, 3.05) is 13.2 Å². The van der Waals surface area contributed by atoms with E-state index in [1.54, 1.807) is 13.0 Å². The summed E-state index contributed by atoms with van der Waals surface area (Å²) in [6.45, 7) is 4.08. The van der Waals surface area contributed by atoms with Crippen LogP contribution in [-0.4, -0.2) is 30.0 Å². The third-order valence-corrected chi connectivity index (χ3v) is 2.51. The smallest absolute Gasteiger partial charge is 0.311 e. The number of likely N-dealkylation sites (N-methyl/N-ethyl adjacent to an activating group) is 1. The van der Waals surface area contributed by atoms with Crippen LogP contribution in [0.5, 0.6) is 5.75 Å². The standard InChI is InChI=1S/C12H17N3O4/c1-3-14-9(12(13)16)7-19-11-5-4-8(2)6-10(11)15(17)18/h4-6,9,14H,3,7H2,1-2H3,(H2,13,16). The first-order valence-corrected chi connectivity index (χ1v) is 5.86. The van der Waals surface area contributed by atoms with Crippen LogP contribution in [0.4, 0.5) is 5.69 Å². The molecule has 1 atom stereocenters. The topological polar surface area (TPSA) is 107 Å². The molecule has 0 saturated carbocycles. The Morgan fingerprint density at radius 2 is 2.26 bits per heavy atom. The molecule has 1 aromatic carbocycles. The minimum Gasteiger partial charge on any atom is -0.485 e. The summed E-state index contributed by atoms with van der Waals surface area (Å²) in [6, 6.07) is 3.96. The van der Waals surface area contributed by atoms with Crippen LogP contribution < -0.4 is 15.8 Å². The number of nitro groups is 1. The summed E-state index contributed by atoms with van der Waals surface area (Å²) in [5.41, 5.74) is 5.83. The van der Waals surface area contributed by atoms with Crippen molar-refractivity contribution < 1.29 is 14.5 Å². The largest absolute Gasteiger partial charge is 0.485 e. The zero-order valence-corrected chi connectivity index (χ0v) is 10.9. The van der Waals surface area contributed by atoms with Gasteiger partial charge in [-0.05, 0) is 25.1 Å². The van der Waals surface area contributed by atoms with Crippen molar-refractivity contribution in [1.82, 2.24) is 5.32 Å². The monoisotopic (exact) mass is 267 g/mol. The van der Waals surface area contributed by atoms with Crippen molar-refractivity contribution in [3.63, 3.8) is 0 Å². The maximum atomic E-state index is 11.1. The van der Waals surface area contributed by atoms with Gasteiger partial charge in [0.15, 0.2) is 5.75 Å². The highest BCUT2D eigenvalue weighted by Gasteiger charge is 2.19. The summed E-state index contributed by atoms with van der Waals surface area (Å²) in [5.74, 6) is -0.434. The lowest BCUT2D eigenvalue weighted by Crippen LogP contribution is -2.45. The van der Waals surface area contributed by atoms with Crippen LogP contribution in [0.2, 0.25) is 0 Å². The fourth-order valence-corrected chi connectivity index (χ4v) is 1.55. The second-order valence-electron chi connectivity index (χ2n) is 4.05. The van der Waals surface area contributed by atoms with Gasteiger partial charge in [0.2, 0.25) is 5.91 Å². The van der Waals surface area contributed by atoms with Crippen molar-refractivity contribution in [2.45, 2.75) is 19.9 Å². The lowest BCUT2D eigenvalue weighted by atomic mass is 10.2. The summed E-state index contributed by atoms with van der Waals surface area (Å²) in [7, 11) is 0. The van der Waals surface area contributed by atoms with Gasteiger partial charge in [-0.1, -0.05) is 13.0 Å². The zero-order valence-electron chi connectivity index (χ0n) is 10.9. The Morgan fingerprint density at radius 3 is 2.79 bits per heavy atom. The number of nitrogens with zero attached hydrogens (tertiary/aromatic N) is 1. The highest BCUT2D eigenvalue weighted by molar-refractivity contribution is 5.80. The first-order chi connectivity index (χ1) is 8.95. The molecule has 1 rings (SSSR count). The highest BCUT2D eigenvalue weighted by atomic mass is 16.6. The van der Waals surface area contributed by atoms with Gasteiger partial charge in [0.05, 0.1) is 4.92 Å². The fraction of sp³-hybridized carbons (Fsp3) is 0.417. The highest BCUT2D eigenvalue weighted by Crippen LogP contribution is 2.27. The van der Waals surface area contributed by atoms with Crippen LogP contribution in [0.15, 0.2) is 18.2 Å². The number of nitrogens with one attached hydrogen (secondary N) is 1. The predicted molar refractivity (Wildman–Crippen MR) is 70.0 cm³/mol. The van der Waals surface area contributed by atoms with E-state index in [4.69, 9.17) is 10.5 Å². The number of carbonyl (C=O) groups is 1. The molecule has 0 bridgehead atoms. The number of amides is 1. The van der Waals surface area contributed by atoms with E-state index < -0.39 is 16.9 Å². The van der Waals surface area contributed by atoms with Crippen LogP contribution in [0, 0.1) is 17.0 Å². The quantitative estimate of drug-likeness (QED) is 0.559. The average molecular weight is 267 g/mol. The van der Waals surface area contributed by atoms with E-state index in [0.29, 0.717) is 6.54 Å². The van der Waals surface area contributed by atoms with E-state index in [0.717, 1.165) is 5.56 Å². The first kappa shape index (κ1) is 14.9. The summed E-state index contributed by atoms with van der Waals surface area (Å²) in [5, 5.41) is 13.7. The number of benzene rings is 1. The number of nitro benzene ring substituents is 1. The Kier molecular flexibility index (Phi) is 5.25. The molecule has 1 amide bonds.